The molecular weight excluding hydrogens is 910 g/mol. The molecule has 0 saturated heterocycles. The zero-order valence-electron chi connectivity index (χ0n) is 41.1. The third kappa shape index (κ3) is 35.6. The van der Waals surface area contributed by atoms with Crippen molar-refractivity contribution in [2.75, 3.05) is 13.2 Å². The van der Waals surface area contributed by atoms with E-state index in [1.807, 2.05) is 18.2 Å². The van der Waals surface area contributed by atoms with Gasteiger partial charge in [0.05, 0.1) is 6.61 Å². The summed E-state index contributed by atoms with van der Waals surface area (Å²) in [6.45, 7) is 2.93. The van der Waals surface area contributed by atoms with Crippen molar-refractivity contribution >= 4 is 27.6 Å². The highest BCUT2D eigenvalue weighted by atomic mass is 31.2. The fourth-order valence-electron chi connectivity index (χ4n) is 7.12. The Morgan fingerprint density at radius 3 is 1.40 bits per heavy atom. The summed E-state index contributed by atoms with van der Waals surface area (Å²) in [4.78, 5) is 58.6. The minimum atomic E-state index is -5.63. The first-order valence-corrected chi connectivity index (χ1v) is 27.1. The highest BCUT2D eigenvalue weighted by Crippen LogP contribution is 2.45. The molecule has 2 unspecified atom stereocenters. The summed E-state index contributed by atoms with van der Waals surface area (Å²) in [5.74, 6) is -1.31. The number of carbonyl (C=O) groups excluding carboxylic acids is 2. The fraction of sp³-hybridized carbons (Fsp3) is 0.787. The van der Waals surface area contributed by atoms with Crippen LogP contribution < -0.4 is 22.1 Å². The first-order chi connectivity index (χ1) is 31.1. The number of phosphoric ester groups is 2. The largest absolute Gasteiger partial charge is 0.756 e. The van der Waals surface area contributed by atoms with Gasteiger partial charge < -0.3 is 70.5 Å². The van der Waals surface area contributed by atoms with Gasteiger partial charge in [-0.05, 0) is 51.4 Å². The predicted molar refractivity (Wildman–Crippen MR) is 258 cm³/mol. The zero-order valence-corrected chi connectivity index (χ0v) is 42.9. The molecule has 0 aromatic heterocycles. The van der Waals surface area contributed by atoms with Crippen molar-refractivity contribution in [2.45, 2.75) is 224 Å². The lowest BCUT2D eigenvalue weighted by atomic mass is 9.85. The highest BCUT2D eigenvalue weighted by Gasteiger charge is 2.52. The minimum absolute atomic E-state index is 0. The first kappa shape index (κ1) is 67.0. The molecule has 13 N–H and O–H groups in total. The molecule has 0 bridgehead atoms. The number of aliphatic hydroxyl groups excluding tert-OH is 4. The minimum Gasteiger partial charge on any atom is -0.756 e. The summed E-state index contributed by atoms with van der Waals surface area (Å²) in [6.07, 6.45) is 27.1. The standard InChI is InChI=1S/C47H84O16P2.2H3N/c1-3-5-7-9-11-13-15-17-19-20-22-24-26-28-30-32-34-36-41(49)61-39(37-59-40(48)35-33-31-29-27-25-23-21-18-16-14-12-10-8-6-4-2)38-60-65(57,58)63-47-44(52)42(50)43(51)46(45(47)53)62-64(54,55)56;;/h11,13,17,19,22,24,28,30,39,42-47,50-53H,3-10,12,14-16,18,20-21,23,25-27,29,31-38H2,1-2H3,(H,57,58)(H2,54,55,56);2*1H3/b13-11-,19-17-,24-22-,30-28-;;/t39-,42+,43+,44-,45-,46-,47+;;/m1../s1. The number of allylic oxidation sites excluding steroid dienone is 8. The second-order valence-corrected chi connectivity index (χ2v) is 19.3. The molecule has 0 amide bonds. The van der Waals surface area contributed by atoms with E-state index in [9.17, 15) is 48.9 Å². The molecule has 20 heteroatoms. The van der Waals surface area contributed by atoms with Gasteiger partial charge in [-0.2, -0.15) is 0 Å². The van der Waals surface area contributed by atoms with E-state index in [0.29, 0.717) is 19.3 Å². The van der Waals surface area contributed by atoms with Crippen molar-refractivity contribution in [3.8, 4) is 0 Å². The van der Waals surface area contributed by atoms with E-state index in [2.05, 4.69) is 48.8 Å². The van der Waals surface area contributed by atoms with Gasteiger partial charge >= 0.3 is 11.9 Å². The van der Waals surface area contributed by atoms with Crippen LogP contribution in [-0.2, 0) is 41.8 Å². The number of ether oxygens (including phenoxy) is 2. The molecule has 1 aliphatic rings. The number of aliphatic hydroxyl groups is 4. The van der Waals surface area contributed by atoms with Gasteiger partial charge in [0.1, 0.15) is 43.2 Å². The normalized spacial score (nSPS) is 22.1. The molecule has 18 nitrogen and oxygen atoms in total. The molecule has 0 heterocycles. The lowest BCUT2D eigenvalue weighted by Gasteiger charge is -2.45. The molecule has 0 spiro atoms. The van der Waals surface area contributed by atoms with E-state index in [1.54, 1.807) is 0 Å². The van der Waals surface area contributed by atoms with Crippen LogP contribution in [0.2, 0.25) is 0 Å². The molecule has 1 rings (SSSR count). The van der Waals surface area contributed by atoms with Crippen LogP contribution in [0.15, 0.2) is 48.6 Å². The zero-order chi connectivity index (χ0) is 48.2. The Labute approximate surface area is 401 Å². The van der Waals surface area contributed by atoms with Crippen LogP contribution in [0.1, 0.15) is 181 Å². The maximum Gasteiger partial charge on any atom is 0.306 e. The molecule has 9 atom stereocenters. The summed E-state index contributed by atoms with van der Waals surface area (Å²) in [5, 5.41) is 41.0. The van der Waals surface area contributed by atoms with Crippen LogP contribution >= 0.6 is 15.6 Å². The van der Waals surface area contributed by atoms with Crippen molar-refractivity contribution in [1.82, 2.24) is 12.3 Å². The van der Waals surface area contributed by atoms with Gasteiger partial charge in [-0.25, -0.2) is 0 Å². The maximum absolute atomic E-state index is 12.9. The number of quaternary nitrogens is 2. The third-order valence-corrected chi connectivity index (χ3v) is 12.4. The van der Waals surface area contributed by atoms with E-state index < -0.39 is 83.5 Å². The van der Waals surface area contributed by atoms with Crippen LogP contribution in [0.5, 0.6) is 0 Å². The van der Waals surface area contributed by atoms with Gasteiger partial charge in [-0.3, -0.25) is 18.7 Å². The molecule has 0 radical (unpaired) electrons. The summed E-state index contributed by atoms with van der Waals surface area (Å²) in [5.41, 5.74) is 0. The van der Waals surface area contributed by atoms with Crippen molar-refractivity contribution in [1.29, 1.82) is 0 Å². The monoisotopic (exact) mass is 1000 g/mol. The number of carbonyl (C=O) groups is 2. The molecule has 0 aromatic rings. The van der Waals surface area contributed by atoms with Gasteiger partial charge in [0.15, 0.2) is 6.10 Å². The molecular formula is C47H90N2O16P2. The van der Waals surface area contributed by atoms with Gasteiger partial charge in [0.25, 0.3) is 15.6 Å². The molecule has 0 aliphatic heterocycles. The number of esters is 2. The average molecular weight is 1000 g/mol. The van der Waals surface area contributed by atoms with E-state index in [1.165, 1.54) is 83.5 Å². The summed E-state index contributed by atoms with van der Waals surface area (Å²) < 4.78 is 48.6. The third-order valence-electron chi connectivity index (χ3n) is 10.9. The van der Waals surface area contributed by atoms with Gasteiger partial charge in [-0.1, -0.05) is 165 Å². The van der Waals surface area contributed by atoms with Crippen LogP contribution in [0.4, 0.5) is 0 Å². The SMILES string of the molecule is CCCCC/C=C\C/C=C\C/C=C\C/C=C\CCCC(=O)O[C@H](COC(=O)CCCCCCCCCCCCCCCCC)COP(=O)([O-])O[C@@H]1[C@H](O)[C@H](OP(=O)([O-])O)[C@@H](O)[C@H](O)[C@H]1O.[NH4+].[NH4+]. The van der Waals surface area contributed by atoms with Crippen molar-refractivity contribution < 1.29 is 76.9 Å². The molecule has 1 fully saturated rings. The number of unbranched alkanes of at least 4 members (excludes halogenated alkanes) is 18. The van der Waals surface area contributed by atoms with E-state index in [4.69, 9.17) is 23.4 Å². The molecule has 67 heavy (non-hydrogen) atoms. The lowest BCUT2D eigenvalue weighted by Crippen LogP contribution is -2.64. The quantitative estimate of drug-likeness (QED) is 0.0130. The Bertz CT molecular complexity index is 1460. The predicted octanol–water partition coefficient (Wildman–Crippen LogP) is 8.77. The van der Waals surface area contributed by atoms with E-state index >= 15 is 0 Å². The second-order valence-electron chi connectivity index (χ2n) is 16.8. The first-order valence-electron chi connectivity index (χ1n) is 24.1. The number of rotatable bonds is 40. The van der Waals surface area contributed by atoms with Crippen molar-refractivity contribution in [3.05, 3.63) is 48.6 Å². The van der Waals surface area contributed by atoms with Crippen LogP contribution in [0.25, 0.3) is 0 Å². The Morgan fingerprint density at radius 2 is 0.925 bits per heavy atom. The number of hydrogen-bond acceptors (Lipinski definition) is 15. The van der Waals surface area contributed by atoms with Gasteiger partial charge in [0, 0.05) is 12.8 Å². The summed E-state index contributed by atoms with van der Waals surface area (Å²) >= 11 is 0. The Hall–Kier alpha value is -2.12. The van der Waals surface area contributed by atoms with Gasteiger partial charge in [0.2, 0.25) is 0 Å². The average Bonchev–Trinajstić information content (AvgIpc) is 3.26. The molecule has 1 aliphatic carbocycles. The Morgan fingerprint density at radius 1 is 0.522 bits per heavy atom. The number of phosphoric acid groups is 2. The van der Waals surface area contributed by atoms with Crippen molar-refractivity contribution in [2.24, 2.45) is 0 Å². The topological polar surface area (TPSA) is 335 Å². The van der Waals surface area contributed by atoms with Crippen LogP contribution in [0.3, 0.4) is 0 Å². The van der Waals surface area contributed by atoms with Crippen LogP contribution in [0, 0.1) is 0 Å². The summed E-state index contributed by atoms with van der Waals surface area (Å²) in [7, 11) is -11.2. The molecule has 0 aromatic carbocycles. The van der Waals surface area contributed by atoms with Crippen molar-refractivity contribution in [3.63, 3.8) is 0 Å². The Kier molecular flexibility index (Phi) is 41.6. The van der Waals surface area contributed by atoms with Gasteiger partial charge in [-0.15, -0.1) is 0 Å². The van der Waals surface area contributed by atoms with Crippen LogP contribution in [-0.4, -0.2) is 93.2 Å². The number of hydrogen-bond donors (Lipinski definition) is 7. The molecule has 394 valence electrons. The highest BCUT2D eigenvalue weighted by molar-refractivity contribution is 7.46. The molecule has 1 saturated carbocycles. The fourth-order valence-corrected chi connectivity index (χ4v) is 8.64. The van der Waals surface area contributed by atoms with E-state index in [-0.39, 0.29) is 25.1 Å². The van der Waals surface area contributed by atoms with E-state index in [0.717, 1.165) is 51.4 Å². The second kappa shape index (κ2) is 41.6. The lowest BCUT2D eigenvalue weighted by molar-refractivity contribution is -0.271. The maximum atomic E-state index is 12.9. The smallest absolute Gasteiger partial charge is 0.306 e. The Balaban J connectivity index is 0. The summed E-state index contributed by atoms with van der Waals surface area (Å²) in [6, 6.07) is 0.